The molecule has 1 N–H and O–H groups in total. The summed E-state index contributed by atoms with van der Waals surface area (Å²) in [4.78, 5) is 9.70. The number of ether oxygens (including phenoxy) is 1. The number of rotatable bonds is 5. The zero-order chi connectivity index (χ0) is 15.1. The van der Waals surface area contributed by atoms with Gasteiger partial charge in [0.05, 0.1) is 19.3 Å². The van der Waals surface area contributed by atoms with Gasteiger partial charge in [0.15, 0.2) is 5.96 Å². The summed E-state index contributed by atoms with van der Waals surface area (Å²) in [5.74, 6) is 1.79. The van der Waals surface area contributed by atoms with Crippen molar-refractivity contribution in [3.63, 3.8) is 0 Å². The highest BCUT2D eigenvalue weighted by atomic mass is 127. The standard InChI is InChI=1S/C16H32N4O.HI/c1-4-17-16(20-7-5-6-8-20)18-11-15-13-19(9-10-21-15)12-14(2)3;/h14-15H,4-13H2,1-3H3,(H,17,18);1H. The average molecular weight is 424 g/mol. The van der Waals surface area contributed by atoms with E-state index in [1.54, 1.807) is 0 Å². The van der Waals surface area contributed by atoms with Crippen molar-refractivity contribution in [2.75, 3.05) is 52.4 Å². The van der Waals surface area contributed by atoms with Gasteiger partial charge in [0.1, 0.15) is 0 Å². The quantitative estimate of drug-likeness (QED) is 0.417. The second kappa shape index (κ2) is 10.6. The van der Waals surface area contributed by atoms with Crippen LogP contribution in [0.5, 0.6) is 0 Å². The molecule has 130 valence electrons. The number of likely N-dealkylation sites (tertiary alicyclic amines) is 1. The van der Waals surface area contributed by atoms with Crippen LogP contribution in [0.1, 0.15) is 33.6 Å². The summed E-state index contributed by atoms with van der Waals surface area (Å²) < 4.78 is 5.89. The monoisotopic (exact) mass is 424 g/mol. The van der Waals surface area contributed by atoms with Gasteiger partial charge in [-0.05, 0) is 25.7 Å². The molecule has 1 unspecified atom stereocenters. The van der Waals surface area contributed by atoms with Gasteiger partial charge in [-0.1, -0.05) is 13.8 Å². The van der Waals surface area contributed by atoms with Gasteiger partial charge < -0.3 is 15.0 Å². The minimum absolute atomic E-state index is 0. The predicted molar refractivity (Wildman–Crippen MR) is 103 cm³/mol. The van der Waals surface area contributed by atoms with Gasteiger partial charge in [-0.3, -0.25) is 9.89 Å². The third-order valence-electron chi connectivity index (χ3n) is 4.03. The van der Waals surface area contributed by atoms with Crippen LogP contribution in [0.4, 0.5) is 0 Å². The zero-order valence-electron chi connectivity index (χ0n) is 14.4. The molecule has 0 saturated carbocycles. The molecule has 5 nitrogen and oxygen atoms in total. The fourth-order valence-corrected chi connectivity index (χ4v) is 3.12. The van der Waals surface area contributed by atoms with Crippen LogP contribution >= 0.6 is 24.0 Å². The Morgan fingerprint density at radius 2 is 2.00 bits per heavy atom. The molecule has 0 aromatic carbocycles. The van der Waals surface area contributed by atoms with Crippen LogP contribution in [0.2, 0.25) is 0 Å². The van der Waals surface area contributed by atoms with Crippen LogP contribution < -0.4 is 5.32 Å². The Bertz CT molecular complexity index is 332. The molecule has 0 radical (unpaired) electrons. The van der Waals surface area contributed by atoms with Crippen molar-refractivity contribution < 1.29 is 4.74 Å². The number of nitrogens with one attached hydrogen (secondary N) is 1. The molecule has 0 aromatic rings. The van der Waals surface area contributed by atoms with E-state index in [1.807, 2.05) is 0 Å². The first-order chi connectivity index (χ1) is 10.2. The van der Waals surface area contributed by atoms with E-state index in [-0.39, 0.29) is 30.1 Å². The lowest BCUT2D eigenvalue weighted by Crippen LogP contribution is -2.46. The average Bonchev–Trinajstić information content (AvgIpc) is 2.97. The fourth-order valence-electron chi connectivity index (χ4n) is 3.12. The molecular weight excluding hydrogens is 391 g/mol. The Kier molecular flexibility index (Phi) is 9.66. The Hall–Kier alpha value is -0.0800. The number of halogens is 1. The minimum atomic E-state index is 0. The van der Waals surface area contributed by atoms with Gasteiger partial charge in [0.2, 0.25) is 0 Å². The Labute approximate surface area is 152 Å². The van der Waals surface area contributed by atoms with Crippen molar-refractivity contribution in [3.05, 3.63) is 0 Å². The molecule has 2 saturated heterocycles. The van der Waals surface area contributed by atoms with E-state index < -0.39 is 0 Å². The maximum Gasteiger partial charge on any atom is 0.194 e. The first kappa shape index (κ1) is 20.0. The van der Waals surface area contributed by atoms with Crippen LogP contribution in [-0.2, 0) is 4.74 Å². The predicted octanol–water partition coefficient (Wildman–Crippen LogP) is 2.02. The minimum Gasteiger partial charge on any atom is -0.374 e. The SMILES string of the molecule is CCNC(=NCC1CN(CC(C)C)CCO1)N1CCCC1.I. The van der Waals surface area contributed by atoms with Gasteiger partial charge in [-0.2, -0.15) is 0 Å². The third kappa shape index (κ3) is 6.58. The molecule has 2 aliphatic rings. The van der Waals surface area contributed by atoms with Gasteiger partial charge in [0.25, 0.3) is 0 Å². The molecule has 2 heterocycles. The van der Waals surface area contributed by atoms with E-state index in [4.69, 9.17) is 9.73 Å². The molecule has 6 heteroatoms. The molecular formula is C16H33IN4O. The van der Waals surface area contributed by atoms with Crippen molar-refractivity contribution in [1.82, 2.24) is 15.1 Å². The maximum absolute atomic E-state index is 5.89. The van der Waals surface area contributed by atoms with E-state index in [0.29, 0.717) is 5.92 Å². The van der Waals surface area contributed by atoms with Crippen molar-refractivity contribution in [1.29, 1.82) is 0 Å². The van der Waals surface area contributed by atoms with Crippen molar-refractivity contribution >= 4 is 29.9 Å². The first-order valence-electron chi connectivity index (χ1n) is 8.56. The Balaban J connectivity index is 0.00000242. The van der Waals surface area contributed by atoms with Crippen LogP contribution in [-0.4, -0.2) is 74.3 Å². The number of aliphatic imine (C=N–C) groups is 1. The van der Waals surface area contributed by atoms with Crippen LogP contribution in [0.25, 0.3) is 0 Å². The van der Waals surface area contributed by atoms with E-state index in [1.165, 1.54) is 12.8 Å². The Morgan fingerprint density at radius 1 is 1.27 bits per heavy atom. The van der Waals surface area contributed by atoms with Gasteiger partial charge in [-0.25, -0.2) is 0 Å². The molecule has 2 fully saturated rings. The summed E-state index contributed by atoms with van der Waals surface area (Å²) in [6.45, 7) is 14.7. The molecule has 1 atom stereocenters. The van der Waals surface area contributed by atoms with Gasteiger partial charge in [0, 0.05) is 39.3 Å². The molecule has 22 heavy (non-hydrogen) atoms. The molecule has 2 aliphatic heterocycles. The second-order valence-electron chi connectivity index (χ2n) is 6.54. The summed E-state index contributed by atoms with van der Waals surface area (Å²) >= 11 is 0. The maximum atomic E-state index is 5.89. The van der Waals surface area contributed by atoms with Crippen LogP contribution in [0.3, 0.4) is 0 Å². The van der Waals surface area contributed by atoms with E-state index >= 15 is 0 Å². The highest BCUT2D eigenvalue weighted by molar-refractivity contribution is 14.0. The van der Waals surface area contributed by atoms with Crippen LogP contribution in [0, 0.1) is 5.92 Å². The summed E-state index contributed by atoms with van der Waals surface area (Å²) in [5, 5.41) is 3.41. The van der Waals surface area contributed by atoms with Gasteiger partial charge in [-0.15, -0.1) is 24.0 Å². The topological polar surface area (TPSA) is 40.1 Å². The van der Waals surface area contributed by atoms with Crippen molar-refractivity contribution in [2.45, 2.75) is 39.7 Å². The highest BCUT2D eigenvalue weighted by Gasteiger charge is 2.22. The number of morpholine rings is 1. The molecule has 0 aromatic heterocycles. The van der Waals surface area contributed by atoms with Crippen molar-refractivity contribution in [3.8, 4) is 0 Å². The second-order valence-corrected chi connectivity index (χ2v) is 6.54. The highest BCUT2D eigenvalue weighted by Crippen LogP contribution is 2.10. The summed E-state index contributed by atoms with van der Waals surface area (Å²) in [6.07, 6.45) is 2.81. The third-order valence-corrected chi connectivity index (χ3v) is 4.03. The normalized spacial score (nSPS) is 23.7. The molecule has 0 spiro atoms. The zero-order valence-corrected chi connectivity index (χ0v) is 16.7. The number of nitrogens with zero attached hydrogens (tertiary/aromatic N) is 3. The summed E-state index contributed by atoms with van der Waals surface area (Å²) in [6, 6.07) is 0. The smallest absolute Gasteiger partial charge is 0.194 e. The number of hydrogen-bond donors (Lipinski definition) is 1. The van der Waals surface area contributed by atoms with E-state index in [9.17, 15) is 0 Å². The van der Waals surface area contributed by atoms with E-state index in [2.05, 4.69) is 35.9 Å². The van der Waals surface area contributed by atoms with Gasteiger partial charge >= 0.3 is 0 Å². The Morgan fingerprint density at radius 3 is 2.64 bits per heavy atom. The molecule has 0 amide bonds. The first-order valence-corrected chi connectivity index (χ1v) is 8.56. The molecule has 0 bridgehead atoms. The lowest BCUT2D eigenvalue weighted by Gasteiger charge is -2.33. The number of guanidine groups is 1. The van der Waals surface area contributed by atoms with E-state index in [0.717, 1.165) is 58.4 Å². The van der Waals surface area contributed by atoms with Crippen molar-refractivity contribution in [2.24, 2.45) is 10.9 Å². The molecule has 0 aliphatic carbocycles. The van der Waals surface area contributed by atoms with Crippen LogP contribution in [0.15, 0.2) is 4.99 Å². The fraction of sp³-hybridized carbons (Fsp3) is 0.938. The lowest BCUT2D eigenvalue weighted by molar-refractivity contribution is -0.0262. The number of hydrogen-bond acceptors (Lipinski definition) is 3. The molecule has 2 rings (SSSR count). The largest absolute Gasteiger partial charge is 0.374 e. The summed E-state index contributed by atoms with van der Waals surface area (Å²) in [7, 11) is 0. The lowest BCUT2D eigenvalue weighted by atomic mass is 10.2. The summed E-state index contributed by atoms with van der Waals surface area (Å²) in [5.41, 5.74) is 0.